The number of hydroxylamine groups is 1. The van der Waals surface area contributed by atoms with Gasteiger partial charge in [0.25, 0.3) is 0 Å². The van der Waals surface area contributed by atoms with Crippen molar-refractivity contribution in [1.82, 2.24) is 5.48 Å². The molecule has 0 aromatic heterocycles. The molecule has 7 nitrogen and oxygen atoms in total. The summed E-state index contributed by atoms with van der Waals surface area (Å²) >= 11 is 4.09. The maximum Gasteiger partial charge on any atom is 0.335 e. The lowest BCUT2D eigenvalue weighted by Gasteiger charge is -2.18. The molecule has 21 heavy (non-hydrogen) atoms. The minimum absolute atomic E-state index is 0.0311. The molecule has 2 unspecified atom stereocenters. The number of aliphatic carboxylic acids is 1. The number of carbonyl (C=O) groups excluding carboxylic acids is 1. The third-order valence-corrected chi connectivity index (χ3v) is 3.47. The van der Waals surface area contributed by atoms with E-state index in [1.54, 1.807) is 6.07 Å². The lowest BCUT2D eigenvalue weighted by molar-refractivity contribution is -0.142. The smallest absolute Gasteiger partial charge is 0.335 e. The summed E-state index contributed by atoms with van der Waals surface area (Å²) in [5, 5.41) is 25.7. The zero-order valence-electron chi connectivity index (χ0n) is 10.9. The number of amides is 1. The zero-order valence-corrected chi connectivity index (χ0v) is 11.8. The highest BCUT2D eigenvalue weighted by molar-refractivity contribution is 7.81. The summed E-state index contributed by atoms with van der Waals surface area (Å²) in [7, 11) is 0. The summed E-state index contributed by atoms with van der Waals surface area (Å²) in [5.41, 5.74) is 1.99. The summed E-state index contributed by atoms with van der Waals surface area (Å²) in [4.78, 5) is 33.2. The quantitative estimate of drug-likeness (QED) is 0.288. The highest BCUT2D eigenvalue weighted by Gasteiger charge is 2.27. The molecule has 0 fully saturated rings. The van der Waals surface area contributed by atoms with E-state index >= 15 is 0 Å². The average Bonchev–Trinajstić information content (AvgIpc) is 2.44. The molecule has 0 aliphatic heterocycles. The number of nitrogens with one attached hydrogen (secondary N) is 1. The Balaban J connectivity index is 2.88. The van der Waals surface area contributed by atoms with E-state index in [2.05, 4.69) is 12.6 Å². The molecular weight excluding hydrogens is 298 g/mol. The Bertz CT molecular complexity index is 547. The number of carboxylic acids is 2. The number of hydrogen-bond donors (Lipinski definition) is 5. The third kappa shape index (κ3) is 5.09. The molecule has 1 amide bonds. The van der Waals surface area contributed by atoms with Gasteiger partial charge in [0, 0.05) is 11.7 Å². The van der Waals surface area contributed by atoms with Crippen molar-refractivity contribution in [1.29, 1.82) is 0 Å². The van der Waals surface area contributed by atoms with Crippen molar-refractivity contribution < 1.29 is 29.8 Å². The first-order valence-electron chi connectivity index (χ1n) is 6.01. The predicted octanol–water partition coefficient (Wildman–Crippen LogP) is 0.822. The highest BCUT2D eigenvalue weighted by atomic mass is 32.1. The summed E-state index contributed by atoms with van der Waals surface area (Å²) < 4.78 is 0. The summed E-state index contributed by atoms with van der Waals surface area (Å²) in [6.07, 6.45) is -0.238. The van der Waals surface area contributed by atoms with Crippen LogP contribution in [0.5, 0.6) is 0 Å². The molecule has 1 aromatic carbocycles. The standard InChI is InChI=1S/C13H15NO6S/c15-11(14-20)6-10(21)9(13(18)19)5-7-2-1-3-8(4-7)12(16)17/h1-4,9-10,20-21H,5-6H2,(H,14,15)(H,16,17)(H,18,19). The molecule has 0 bridgehead atoms. The maximum absolute atomic E-state index is 11.3. The topological polar surface area (TPSA) is 124 Å². The van der Waals surface area contributed by atoms with Gasteiger partial charge in [0.2, 0.25) is 5.91 Å². The first-order chi connectivity index (χ1) is 9.85. The number of aromatic carboxylic acids is 1. The summed E-state index contributed by atoms with van der Waals surface area (Å²) in [5.74, 6) is -3.98. The normalized spacial score (nSPS) is 13.2. The Morgan fingerprint density at radius 1 is 1.24 bits per heavy atom. The molecule has 0 heterocycles. The van der Waals surface area contributed by atoms with Gasteiger partial charge in [0.05, 0.1) is 11.5 Å². The largest absolute Gasteiger partial charge is 0.481 e. The summed E-state index contributed by atoms with van der Waals surface area (Å²) in [6, 6.07) is 5.91. The van der Waals surface area contributed by atoms with E-state index in [1.165, 1.54) is 23.7 Å². The van der Waals surface area contributed by atoms with Gasteiger partial charge in [-0.15, -0.1) is 0 Å². The van der Waals surface area contributed by atoms with Crippen LogP contribution in [-0.2, 0) is 16.0 Å². The number of carboxylic acid groups (broad SMARTS) is 2. The van der Waals surface area contributed by atoms with Crippen LogP contribution in [0.1, 0.15) is 22.3 Å². The Labute approximate surface area is 126 Å². The SMILES string of the molecule is O=C(CC(S)C(Cc1cccc(C(=O)O)c1)C(=O)O)NO. The van der Waals surface area contributed by atoms with Crippen molar-refractivity contribution in [3.05, 3.63) is 35.4 Å². The van der Waals surface area contributed by atoms with Crippen molar-refractivity contribution in [3.8, 4) is 0 Å². The number of rotatable bonds is 7. The molecule has 2 atom stereocenters. The van der Waals surface area contributed by atoms with Crippen LogP contribution in [0.15, 0.2) is 24.3 Å². The van der Waals surface area contributed by atoms with Gasteiger partial charge < -0.3 is 10.2 Å². The molecule has 1 rings (SSSR count). The van der Waals surface area contributed by atoms with Crippen LogP contribution < -0.4 is 5.48 Å². The number of benzene rings is 1. The van der Waals surface area contributed by atoms with Crippen LogP contribution in [0, 0.1) is 5.92 Å². The van der Waals surface area contributed by atoms with E-state index in [0.29, 0.717) is 5.56 Å². The molecule has 0 aliphatic rings. The number of hydrogen-bond acceptors (Lipinski definition) is 5. The average molecular weight is 313 g/mol. The van der Waals surface area contributed by atoms with Gasteiger partial charge in [-0.3, -0.25) is 14.8 Å². The monoisotopic (exact) mass is 313 g/mol. The van der Waals surface area contributed by atoms with Crippen molar-refractivity contribution in [2.45, 2.75) is 18.1 Å². The van der Waals surface area contributed by atoms with Crippen LogP contribution in [0.3, 0.4) is 0 Å². The van der Waals surface area contributed by atoms with Crippen molar-refractivity contribution in [3.63, 3.8) is 0 Å². The van der Waals surface area contributed by atoms with Gasteiger partial charge >= 0.3 is 11.9 Å². The second-order valence-electron chi connectivity index (χ2n) is 4.46. The molecule has 4 N–H and O–H groups in total. The van der Waals surface area contributed by atoms with Crippen LogP contribution in [0.4, 0.5) is 0 Å². The molecule has 0 radical (unpaired) electrons. The van der Waals surface area contributed by atoms with Crippen LogP contribution in [0.25, 0.3) is 0 Å². The van der Waals surface area contributed by atoms with E-state index in [1.807, 2.05) is 0 Å². The van der Waals surface area contributed by atoms with Gasteiger partial charge in [0.15, 0.2) is 0 Å². The fourth-order valence-corrected chi connectivity index (χ4v) is 2.25. The molecule has 0 saturated heterocycles. The van der Waals surface area contributed by atoms with E-state index in [9.17, 15) is 19.5 Å². The van der Waals surface area contributed by atoms with Crippen LogP contribution in [0.2, 0.25) is 0 Å². The highest BCUT2D eigenvalue weighted by Crippen LogP contribution is 2.21. The fourth-order valence-electron chi connectivity index (χ4n) is 1.85. The minimum Gasteiger partial charge on any atom is -0.481 e. The molecule has 1 aromatic rings. The second-order valence-corrected chi connectivity index (χ2v) is 5.12. The van der Waals surface area contributed by atoms with Gasteiger partial charge in [-0.25, -0.2) is 10.3 Å². The van der Waals surface area contributed by atoms with Crippen molar-refractivity contribution >= 4 is 30.5 Å². The van der Waals surface area contributed by atoms with E-state index in [4.69, 9.17) is 10.3 Å². The lowest BCUT2D eigenvalue weighted by Crippen LogP contribution is -2.31. The van der Waals surface area contributed by atoms with Crippen molar-refractivity contribution in [2.75, 3.05) is 0 Å². The predicted molar refractivity (Wildman–Crippen MR) is 75.6 cm³/mol. The second kappa shape index (κ2) is 7.65. The van der Waals surface area contributed by atoms with Gasteiger partial charge in [-0.05, 0) is 24.1 Å². The van der Waals surface area contributed by atoms with Crippen LogP contribution >= 0.6 is 12.6 Å². The molecule has 114 valence electrons. The molecule has 0 aliphatic carbocycles. The minimum atomic E-state index is -1.15. The van der Waals surface area contributed by atoms with E-state index in [0.717, 1.165) is 0 Å². The molecular formula is C13H15NO6S. The zero-order chi connectivity index (χ0) is 16.0. The van der Waals surface area contributed by atoms with E-state index < -0.39 is 29.0 Å². The van der Waals surface area contributed by atoms with E-state index in [-0.39, 0.29) is 18.4 Å². The van der Waals surface area contributed by atoms with Gasteiger partial charge in [0.1, 0.15) is 0 Å². The Morgan fingerprint density at radius 2 is 1.90 bits per heavy atom. The molecule has 0 spiro atoms. The number of carbonyl (C=O) groups is 3. The Hall–Kier alpha value is -2.06. The lowest BCUT2D eigenvalue weighted by atomic mass is 9.93. The van der Waals surface area contributed by atoms with Crippen LogP contribution in [-0.4, -0.2) is 38.5 Å². The van der Waals surface area contributed by atoms with Gasteiger partial charge in [-0.1, -0.05) is 12.1 Å². The fraction of sp³-hybridized carbons (Fsp3) is 0.308. The Kier molecular flexibility index (Phi) is 6.19. The summed E-state index contributed by atoms with van der Waals surface area (Å²) in [6.45, 7) is 0. The van der Waals surface area contributed by atoms with Gasteiger partial charge in [-0.2, -0.15) is 12.6 Å². The molecule has 0 saturated carbocycles. The molecule has 8 heteroatoms. The first-order valence-corrected chi connectivity index (χ1v) is 6.52. The maximum atomic E-state index is 11.3. The third-order valence-electron chi connectivity index (χ3n) is 2.93. The van der Waals surface area contributed by atoms with Crippen molar-refractivity contribution in [2.24, 2.45) is 5.92 Å². The first kappa shape index (κ1) is 17.0. The number of thiol groups is 1. The Morgan fingerprint density at radius 3 is 2.43 bits per heavy atom.